The zero-order valence-electron chi connectivity index (χ0n) is 16.1. The Hall–Kier alpha value is -3.65. The predicted octanol–water partition coefficient (Wildman–Crippen LogP) is 0.359. The van der Waals surface area contributed by atoms with E-state index in [2.05, 4.69) is 20.2 Å². The quantitative estimate of drug-likeness (QED) is 0.756. The molecule has 2 aromatic rings. The van der Waals surface area contributed by atoms with Gasteiger partial charge in [0.25, 0.3) is 5.91 Å². The highest BCUT2D eigenvalue weighted by Crippen LogP contribution is 2.33. The molecule has 2 aliphatic rings. The summed E-state index contributed by atoms with van der Waals surface area (Å²) in [5, 5.41) is 18.1. The molecule has 11 nitrogen and oxygen atoms in total. The molecular weight excluding hydrogens is 388 g/mol. The number of hydroxylamine groups is 2. The third-order valence-electron chi connectivity index (χ3n) is 5.32. The van der Waals surface area contributed by atoms with E-state index in [1.165, 1.54) is 17.3 Å². The highest BCUT2D eigenvalue weighted by Gasteiger charge is 2.37. The monoisotopic (exact) mass is 408 g/mol. The minimum atomic E-state index is -0.605. The molecule has 0 spiro atoms. The molecule has 0 aliphatic carbocycles. The van der Waals surface area contributed by atoms with E-state index in [0.29, 0.717) is 44.9 Å². The first kappa shape index (κ1) is 19.7. The summed E-state index contributed by atoms with van der Waals surface area (Å²) >= 11 is 0. The highest BCUT2D eigenvalue weighted by atomic mass is 16.7. The summed E-state index contributed by atoms with van der Waals surface area (Å²) in [7, 11) is 0. The lowest BCUT2D eigenvalue weighted by atomic mass is 9.95. The number of hydrogen-bond acceptors (Lipinski definition) is 9. The first-order valence-corrected chi connectivity index (χ1v) is 9.63. The molecule has 1 atom stereocenters. The van der Waals surface area contributed by atoms with Crippen LogP contribution < -0.4 is 10.6 Å². The topological polar surface area (TPSA) is 151 Å². The van der Waals surface area contributed by atoms with Crippen molar-refractivity contribution in [2.45, 2.75) is 25.3 Å². The van der Waals surface area contributed by atoms with Gasteiger partial charge in [0.05, 0.1) is 18.8 Å². The molecular formula is C19H20N8O3. The van der Waals surface area contributed by atoms with Gasteiger partial charge in [-0.15, -0.1) is 5.10 Å². The highest BCUT2D eigenvalue weighted by molar-refractivity contribution is 5.90. The van der Waals surface area contributed by atoms with Crippen LogP contribution in [0.1, 0.15) is 47.1 Å². The van der Waals surface area contributed by atoms with Gasteiger partial charge in [-0.3, -0.25) is 14.4 Å². The lowest BCUT2D eigenvalue weighted by Gasteiger charge is -2.34. The number of nitrogens with zero attached hydrogens (tertiary/aromatic N) is 7. The van der Waals surface area contributed by atoms with Crippen LogP contribution in [0.3, 0.4) is 0 Å². The van der Waals surface area contributed by atoms with Gasteiger partial charge in [0, 0.05) is 37.2 Å². The number of piperidine rings is 1. The number of rotatable bonds is 4. The van der Waals surface area contributed by atoms with Crippen molar-refractivity contribution in [1.29, 1.82) is 5.26 Å². The van der Waals surface area contributed by atoms with Crippen LogP contribution in [0.15, 0.2) is 24.5 Å². The van der Waals surface area contributed by atoms with Gasteiger partial charge < -0.3 is 10.6 Å². The Labute approximate surface area is 172 Å². The van der Waals surface area contributed by atoms with Crippen LogP contribution in [0.2, 0.25) is 0 Å². The molecule has 2 saturated heterocycles. The predicted molar refractivity (Wildman–Crippen MR) is 102 cm³/mol. The number of anilines is 1. The van der Waals surface area contributed by atoms with Crippen LogP contribution in [0, 0.1) is 17.2 Å². The lowest BCUT2D eigenvalue weighted by molar-refractivity contribution is -0.182. The molecule has 2 aliphatic heterocycles. The van der Waals surface area contributed by atoms with Gasteiger partial charge in [0.15, 0.2) is 5.69 Å². The summed E-state index contributed by atoms with van der Waals surface area (Å²) in [5.41, 5.74) is 6.39. The third-order valence-corrected chi connectivity index (χ3v) is 5.32. The maximum absolute atomic E-state index is 13.1. The zero-order valence-corrected chi connectivity index (χ0v) is 16.1. The first-order chi connectivity index (χ1) is 14.6. The molecule has 154 valence electrons. The van der Waals surface area contributed by atoms with E-state index in [1.807, 2.05) is 11.0 Å². The van der Waals surface area contributed by atoms with E-state index in [0.717, 1.165) is 5.56 Å². The van der Waals surface area contributed by atoms with Crippen molar-refractivity contribution in [2.24, 2.45) is 11.7 Å². The number of carbonyl (C=O) groups is 2. The average molecular weight is 408 g/mol. The Morgan fingerprint density at radius 1 is 1.27 bits per heavy atom. The van der Waals surface area contributed by atoms with Gasteiger partial charge in [0.2, 0.25) is 11.9 Å². The number of hydrogen-bond donors (Lipinski definition) is 1. The fourth-order valence-corrected chi connectivity index (χ4v) is 3.75. The van der Waals surface area contributed by atoms with Crippen LogP contribution >= 0.6 is 0 Å². The molecule has 2 fully saturated rings. The third kappa shape index (κ3) is 3.90. The molecule has 0 unspecified atom stereocenters. The van der Waals surface area contributed by atoms with Crippen LogP contribution in [0.5, 0.6) is 0 Å². The Bertz CT molecular complexity index is 999. The molecule has 4 rings (SSSR count). The van der Waals surface area contributed by atoms with E-state index in [-0.39, 0.29) is 29.3 Å². The molecule has 2 aromatic heterocycles. The Kier molecular flexibility index (Phi) is 5.49. The lowest BCUT2D eigenvalue weighted by Crippen LogP contribution is -2.42. The second kappa shape index (κ2) is 8.38. The van der Waals surface area contributed by atoms with Crippen LogP contribution in [0.25, 0.3) is 0 Å². The summed E-state index contributed by atoms with van der Waals surface area (Å²) < 4.78 is 0. The van der Waals surface area contributed by atoms with Crippen molar-refractivity contribution in [3.63, 3.8) is 0 Å². The summed E-state index contributed by atoms with van der Waals surface area (Å²) in [6.07, 6.45) is 4.91. The van der Waals surface area contributed by atoms with Crippen molar-refractivity contribution in [1.82, 2.24) is 25.2 Å². The number of nitrogens with two attached hydrogens (primary N) is 1. The van der Waals surface area contributed by atoms with E-state index < -0.39 is 5.91 Å². The fraction of sp³-hybridized carbons (Fsp3) is 0.421. The van der Waals surface area contributed by atoms with E-state index in [9.17, 15) is 9.59 Å². The van der Waals surface area contributed by atoms with E-state index >= 15 is 0 Å². The fourth-order valence-electron chi connectivity index (χ4n) is 3.75. The standard InChI is InChI=1S/C19H20N8O3/c20-10-14-9-13(11-23-25-14)16-4-8-30-27(16)18(29)12-2-6-26(7-3-12)19-22-5-1-15(24-19)17(21)28/h1,5,9,11-12,16H,2-4,6-8H2,(H2,21,28)/t16-/m0/s1. The Morgan fingerprint density at radius 3 is 2.80 bits per heavy atom. The number of amides is 2. The first-order valence-electron chi connectivity index (χ1n) is 9.63. The van der Waals surface area contributed by atoms with Crippen LogP contribution in [0.4, 0.5) is 5.95 Å². The Balaban J connectivity index is 1.42. The van der Waals surface area contributed by atoms with Gasteiger partial charge in [-0.25, -0.2) is 15.0 Å². The molecule has 0 bridgehead atoms. The van der Waals surface area contributed by atoms with E-state index in [4.69, 9.17) is 15.8 Å². The maximum atomic E-state index is 13.1. The zero-order chi connectivity index (χ0) is 21.1. The summed E-state index contributed by atoms with van der Waals surface area (Å²) in [6.45, 7) is 1.58. The molecule has 30 heavy (non-hydrogen) atoms. The molecule has 0 aromatic carbocycles. The number of aromatic nitrogens is 4. The van der Waals surface area contributed by atoms with Crippen molar-refractivity contribution in [3.8, 4) is 6.07 Å². The molecule has 0 radical (unpaired) electrons. The number of primary amides is 1. The van der Waals surface area contributed by atoms with Gasteiger partial charge in [-0.05, 0) is 25.0 Å². The van der Waals surface area contributed by atoms with Gasteiger partial charge in [-0.2, -0.15) is 10.4 Å². The largest absolute Gasteiger partial charge is 0.364 e. The van der Waals surface area contributed by atoms with E-state index in [1.54, 1.807) is 12.3 Å². The van der Waals surface area contributed by atoms with Crippen molar-refractivity contribution < 1.29 is 14.4 Å². The normalized spacial score (nSPS) is 19.5. The molecule has 2 amide bonds. The smallest absolute Gasteiger partial charge is 0.267 e. The maximum Gasteiger partial charge on any atom is 0.267 e. The van der Waals surface area contributed by atoms with Gasteiger partial charge in [-0.1, -0.05) is 0 Å². The van der Waals surface area contributed by atoms with Crippen molar-refractivity contribution in [2.75, 3.05) is 24.6 Å². The summed E-state index contributed by atoms with van der Waals surface area (Å²) in [5.74, 6) is -0.462. The molecule has 11 heteroatoms. The molecule has 2 N–H and O–H groups in total. The van der Waals surface area contributed by atoms with Crippen molar-refractivity contribution in [3.05, 3.63) is 41.5 Å². The minimum Gasteiger partial charge on any atom is -0.364 e. The number of carbonyl (C=O) groups excluding carboxylic acids is 2. The van der Waals surface area contributed by atoms with Gasteiger partial charge in [0.1, 0.15) is 11.8 Å². The van der Waals surface area contributed by atoms with Crippen LogP contribution in [-0.4, -0.2) is 56.7 Å². The number of nitriles is 1. The minimum absolute atomic E-state index is 0.0840. The molecule has 4 heterocycles. The Morgan fingerprint density at radius 2 is 2.07 bits per heavy atom. The molecule has 0 saturated carbocycles. The second-order valence-corrected chi connectivity index (χ2v) is 7.16. The van der Waals surface area contributed by atoms with Crippen LogP contribution in [-0.2, 0) is 9.63 Å². The average Bonchev–Trinajstić information content (AvgIpc) is 3.29. The SMILES string of the molecule is N#Cc1cc([C@@H]2CCON2C(=O)C2CCN(c3nccc(C(N)=O)n3)CC2)cnn1. The van der Waals surface area contributed by atoms with Gasteiger partial charge >= 0.3 is 0 Å². The van der Waals surface area contributed by atoms with Crippen molar-refractivity contribution >= 4 is 17.8 Å². The second-order valence-electron chi connectivity index (χ2n) is 7.16. The summed E-state index contributed by atoms with van der Waals surface area (Å²) in [6, 6.07) is 4.79. The summed E-state index contributed by atoms with van der Waals surface area (Å²) in [4.78, 5) is 40.4.